The van der Waals surface area contributed by atoms with Gasteiger partial charge < -0.3 is 19.1 Å². The Morgan fingerprint density at radius 3 is 2.29 bits per heavy atom. The van der Waals surface area contributed by atoms with Crippen LogP contribution in [0.2, 0.25) is 0 Å². The Labute approximate surface area is 126 Å². The molecule has 0 aliphatic heterocycles. The molecular weight excluding hydrogens is 274 g/mol. The van der Waals surface area contributed by atoms with Crippen molar-refractivity contribution in [2.75, 3.05) is 27.7 Å². The molecular formula is C15H26NO5. The highest BCUT2D eigenvalue weighted by molar-refractivity contribution is 5.70. The van der Waals surface area contributed by atoms with E-state index >= 15 is 0 Å². The quantitative estimate of drug-likeness (QED) is 0.292. The van der Waals surface area contributed by atoms with Gasteiger partial charge in [-0.25, -0.2) is 0 Å². The van der Waals surface area contributed by atoms with E-state index in [9.17, 15) is 19.5 Å². The minimum Gasteiger partial charge on any atom is -0.550 e. The maximum Gasteiger partial charge on any atom is 0.306 e. The lowest BCUT2D eigenvalue weighted by molar-refractivity contribution is -0.873. The Hall–Kier alpha value is -1.43. The van der Waals surface area contributed by atoms with Gasteiger partial charge in [0, 0.05) is 25.2 Å². The predicted molar refractivity (Wildman–Crippen MR) is 75.8 cm³/mol. The second-order valence-electron chi connectivity index (χ2n) is 6.22. The van der Waals surface area contributed by atoms with Gasteiger partial charge in [0.25, 0.3) is 0 Å². The number of unbranched alkanes of at least 4 members (excludes halogenated alkanes) is 4. The Bertz CT molecular complexity index is 335. The first-order chi connectivity index (χ1) is 9.74. The summed E-state index contributed by atoms with van der Waals surface area (Å²) in [7, 11) is 5.71. The molecule has 0 aromatic heterocycles. The lowest BCUT2D eigenvalue weighted by Crippen LogP contribution is -2.45. The fourth-order valence-electron chi connectivity index (χ4n) is 2.01. The Balaban J connectivity index is 4.04. The molecule has 6 nitrogen and oxygen atoms in total. The van der Waals surface area contributed by atoms with Gasteiger partial charge in [0.1, 0.15) is 6.54 Å². The smallest absolute Gasteiger partial charge is 0.306 e. The highest BCUT2D eigenvalue weighted by Crippen LogP contribution is 2.09. The maximum atomic E-state index is 11.7. The first kappa shape index (κ1) is 19.6. The van der Waals surface area contributed by atoms with Crippen LogP contribution in [0, 0.1) is 0 Å². The third kappa shape index (κ3) is 13.3. The van der Waals surface area contributed by atoms with Crippen molar-refractivity contribution < 1.29 is 28.7 Å². The molecule has 0 saturated carbocycles. The van der Waals surface area contributed by atoms with Crippen molar-refractivity contribution in [1.29, 1.82) is 0 Å². The number of carbonyl (C=O) groups excluding carboxylic acids is 3. The highest BCUT2D eigenvalue weighted by atomic mass is 16.5. The lowest BCUT2D eigenvalue weighted by atomic mass is 10.1. The van der Waals surface area contributed by atoms with Crippen LogP contribution in [-0.2, 0) is 19.1 Å². The van der Waals surface area contributed by atoms with Crippen LogP contribution in [0.25, 0.3) is 0 Å². The molecule has 0 aromatic carbocycles. The fourth-order valence-corrected chi connectivity index (χ4v) is 2.01. The van der Waals surface area contributed by atoms with Crippen molar-refractivity contribution in [2.45, 2.75) is 51.0 Å². The number of hydrogen-bond donors (Lipinski definition) is 0. The number of esters is 1. The molecule has 0 fully saturated rings. The van der Waals surface area contributed by atoms with E-state index in [2.05, 4.69) is 0 Å². The third-order valence-corrected chi connectivity index (χ3v) is 2.85. The van der Waals surface area contributed by atoms with E-state index in [-0.39, 0.29) is 18.8 Å². The molecule has 1 atom stereocenters. The van der Waals surface area contributed by atoms with Crippen LogP contribution in [-0.4, -0.2) is 56.5 Å². The van der Waals surface area contributed by atoms with Gasteiger partial charge in [0.15, 0.2) is 12.4 Å². The number of nitrogens with zero attached hydrogens (tertiary/aromatic N) is 1. The summed E-state index contributed by atoms with van der Waals surface area (Å²) in [4.78, 5) is 32.4. The van der Waals surface area contributed by atoms with E-state index in [1.54, 1.807) is 0 Å². The van der Waals surface area contributed by atoms with Crippen LogP contribution < -0.4 is 5.11 Å². The standard InChI is InChI=1S/C15H26NO5/c1-16(2,3)12-13(11-14(18)19)21-15(20)9-7-5-4-6-8-10-17/h13H,4-9,11-12H2,1-3H3. The summed E-state index contributed by atoms with van der Waals surface area (Å²) >= 11 is 0. The van der Waals surface area contributed by atoms with Gasteiger partial charge >= 0.3 is 5.97 Å². The van der Waals surface area contributed by atoms with Crippen molar-refractivity contribution in [1.82, 2.24) is 0 Å². The number of ether oxygens (including phenoxy) is 1. The summed E-state index contributed by atoms with van der Waals surface area (Å²) in [5.74, 6) is -1.59. The average Bonchev–Trinajstić information content (AvgIpc) is 2.30. The minimum atomic E-state index is -1.22. The summed E-state index contributed by atoms with van der Waals surface area (Å²) < 4.78 is 5.73. The van der Waals surface area contributed by atoms with Crippen molar-refractivity contribution in [2.24, 2.45) is 0 Å². The Morgan fingerprint density at radius 2 is 1.76 bits per heavy atom. The van der Waals surface area contributed by atoms with E-state index in [0.717, 1.165) is 19.3 Å². The van der Waals surface area contributed by atoms with Crippen LogP contribution in [0.1, 0.15) is 44.9 Å². The van der Waals surface area contributed by atoms with Gasteiger partial charge in [0.05, 0.1) is 21.1 Å². The molecule has 0 spiro atoms. The van der Waals surface area contributed by atoms with Crippen molar-refractivity contribution in [3.8, 4) is 0 Å². The topological polar surface area (TPSA) is 83.5 Å². The Kier molecular flexibility index (Phi) is 9.62. The Morgan fingerprint density at radius 1 is 1.14 bits per heavy atom. The summed E-state index contributed by atoms with van der Waals surface area (Å²) in [5, 5.41) is 10.7. The molecule has 0 aliphatic carbocycles. The van der Waals surface area contributed by atoms with E-state index in [1.165, 1.54) is 0 Å². The van der Waals surface area contributed by atoms with E-state index in [4.69, 9.17) is 4.74 Å². The number of hydrogen-bond acceptors (Lipinski definition) is 5. The molecule has 0 aromatic rings. The van der Waals surface area contributed by atoms with Gasteiger partial charge in [-0.1, -0.05) is 12.8 Å². The molecule has 121 valence electrons. The summed E-state index contributed by atoms with van der Waals surface area (Å²) in [6.45, 7) is 0.425. The zero-order chi connectivity index (χ0) is 16.3. The zero-order valence-electron chi connectivity index (χ0n) is 13.2. The first-order valence-electron chi connectivity index (χ1n) is 7.29. The summed E-state index contributed by atoms with van der Waals surface area (Å²) in [6.07, 6.45) is 4.78. The minimum absolute atomic E-state index is 0.269. The molecule has 0 aliphatic rings. The summed E-state index contributed by atoms with van der Waals surface area (Å²) in [5.41, 5.74) is 0. The zero-order valence-corrected chi connectivity index (χ0v) is 13.2. The lowest BCUT2D eigenvalue weighted by Gasteiger charge is -2.29. The van der Waals surface area contributed by atoms with Gasteiger partial charge in [-0.05, 0) is 12.8 Å². The number of aliphatic carboxylic acids is 1. The van der Waals surface area contributed by atoms with Gasteiger partial charge in [0.2, 0.25) is 0 Å². The molecule has 0 bridgehead atoms. The third-order valence-electron chi connectivity index (χ3n) is 2.85. The molecule has 0 amide bonds. The van der Waals surface area contributed by atoms with E-state index in [0.29, 0.717) is 23.9 Å². The van der Waals surface area contributed by atoms with Gasteiger partial charge in [-0.15, -0.1) is 0 Å². The van der Waals surface area contributed by atoms with Crippen molar-refractivity contribution >= 4 is 18.2 Å². The molecule has 1 radical (unpaired) electrons. The van der Waals surface area contributed by atoms with Crippen molar-refractivity contribution in [3.05, 3.63) is 0 Å². The highest BCUT2D eigenvalue weighted by Gasteiger charge is 2.22. The number of carboxylic acid groups (broad SMARTS) is 1. The monoisotopic (exact) mass is 300 g/mol. The van der Waals surface area contributed by atoms with Gasteiger partial charge in [-0.2, -0.15) is 0 Å². The molecule has 0 saturated heterocycles. The van der Waals surface area contributed by atoms with Crippen LogP contribution >= 0.6 is 0 Å². The number of quaternary nitrogens is 1. The molecule has 0 heterocycles. The van der Waals surface area contributed by atoms with Crippen LogP contribution in [0.15, 0.2) is 0 Å². The SMILES string of the molecule is C[N+](C)(C)CC(CC(=O)[O-])OC(=O)CCCCCC[C]=O. The molecule has 0 N–H and O–H groups in total. The maximum absolute atomic E-state index is 11.7. The van der Waals surface area contributed by atoms with Crippen LogP contribution in [0.3, 0.4) is 0 Å². The van der Waals surface area contributed by atoms with Crippen LogP contribution in [0.5, 0.6) is 0 Å². The molecule has 0 rings (SSSR count). The average molecular weight is 300 g/mol. The second-order valence-corrected chi connectivity index (χ2v) is 6.22. The number of likely N-dealkylation sites (N-methyl/N-ethyl adjacent to an activating group) is 1. The fraction of sp³-hybridized carbons (Fsp3) is 0.800. The number of rotatable bonds is 12. The van der Waals surface area contributed by atoms with Crippen LogP contribution in [0.4, 0.5) is 0 Å². The largest absolute Gasteiger partial charge is 0.550 e. The first-order valence-corrected chi connectivity index (χ1v) is 7.29. The molecule has 21 heavy (non-hydrogen) atoms. The number of carboxylic acids is 1. The predicted octanol–water partition coefficient (Wildman–Crippen LogP) is 0.195. The van der Waals surface area contributed by atoms with Crippen molar-refractivity contribution in [3.63, 3.8) is 0 Å². The summed E-state index contributed by atoms with van der Waals surface area (Å²) in [6, 6.07) is 0. The molecule has 1 unspecified atom stereocenters. The van der Waals surface area contributed by atoms with Gasteiger partial charge in [-0.3, -0.25) is 9.59 Å². The molecule has 6 heteroatoms. The van der Waals surface area contributed by atoms with E-state index in [1.807, 2.05) is 27.4 Å². The number of carbonyl (C=O) groups is 2. The second kappa shape index (κ2) is 10.3. The van der Waals surface area contributed by atoms with E-state index < -0.39 is 12.1 Å². The normalized spacial score (nSPS) is 12.7.